The number of carbonyl (C=O) groups is 1. The van der Waals surface area contributed by atoms with E-state index in [4.69, 9.17) is 0 Å². The molecule has 1 aromatic rings. The van der Waals surface area contributed by atoms with Crippen LogP contribution in [-0.4, -0.2) is 30.8 Å². The highest BCUT2D eigenvalue weighted by Gasteiger charge is 2.16. The Balaban J connectivity index is 2.45. The Morgan fingerprint density at radius 2 is 2.05 bits per heavy atom. The summed E-state index contributed by atoms with van der Waals surface area (Å²) >= 11 is 0. The molecular formula is C14H22N2O3S. The Bertz CT molecular complexity index is 527. The Morgan fingerprint density at radius 1 is 1.35 bits per heavy atom. The van der Waals surface area contributed by atoms with Crippen molar-refractivity contribution in [1.29, 1.82) is 0 Å². The topological polar surface area (TPSA) is 76.1 Å². The minimum atomic E-state index is -3.15. The normalized spacial score (nSPS) is 13.2. The Morgan fingerprint density at radius 3 is 2.60 bits per heavy atom. The summed E-state index contributed by atoms with van der Waals surface area (Å²) in [6.07, 6.45) is 3.34. The highest BCUT2D eigenvalue weighted by Crippen LogP contribution is 2.10. The van der Waals surface area contributed by atoms with Crippen molar-refractivity contribution in [3.05, 3.63) is 30.1 Å². The van der Waals surface area contributed by atoms with E-state index < -0.39 is 9.84 Å². The lowest BCUT2D eigenvalue weighted by Crippen LogP contribution is -2.29. The monoisotopic (exact) mass is 298 g/mol. The first-order valence-corrected chi connectivity index (χ1v) is 8.52. The number of hydrogen-bond donors (Lipinski definition) is 1. The van der Waals surface area contributed by atoms with Gasteiger partial charge in [0, 0.05) is 18.8 Å². The zero-order chi connectivity index (χ0) is 15.2. The molecule has 1 aromatic heterocycles. The maximum Gasteiger partial charge on any atom is 0.221 e. The molecule has 0 unspecified atom stereocenters. The molecule has 0 aromatic carbocycles. The van der Waals surface area contributed by atoms with Gasteiger partial charge < -0.3 is 5.32 Å². The number of pyridine rings is 1. The van der Waals surface area contributed by atoms with Crippen molar-refractivity contribution in [2.24, 2.45) is 5.92 Å². The molecule has 1 amide bonds. The summed E-state index contributed by atoms with van der Waals surface area (Å²) in [6, 6.07) is 3.49. The van der Waals surface area contributed by atoms with Gasteiger partial charge in [-0.25, -0.2) is 8.42 Å². The lowest BCUT2D eigenvalue weighted by atomic mass is 10.1. The van der Waals surface area contributed by atoms with Gasteiger partial charge in [-0.05, 0) is 24.5 Å². The Kier molecular flexibility index (Phi) is 6.13. The molecule has 0 bridgehead atoms. The first-order valence-electron chi connectivity index (χ1n) is 6.70. The van der Waals surface area contributed by atoms with Crippen LogP contribution in [-0.2, 0) is 14.6 Å². The summed E-state index contributed by atoms with van der Waals surface area (Å²) in [5.41, 5.74) is 0.894. The minimum absolute atomic E-state index is 0.000342. The van der Waals surface area contributed by atoms with Crippen molar-refractivity contribution in [3.8, 4) is 0 Å². The molecule has 1 N–H and O–H groups in total. The van der Waals surface area contributed by atoms with E-state index in [1.807, 2.05) is 26.8 Å². The fraction of sp³-hybridized carbons (Fsp3) is 0.571. The predicted molar refractivity (Wildman–Crippen MR) is 78.9 cm³/mol. The minimum Gasteiger partial charge on any atom is -0.349 e. The van der Waals surface area contributed by atoms with Gasteiger partial charge in [-0.3, -0.25) is 9.78 Å². The van der Waals surface area contributed by atoms with Crippen LogP contribution in [0.2, 0.25) is 0 Å². The van der Waals surface area contributed by atoms with Gasteiger partial charge in [0.1, 0.15) is 0 Å². The SMILES string of the molecule is CC(C)CS(=O)(=O)CCC(=O)N[C@@H](C)c1cccnc1. The van der Waals surface area contributed by atoms with Crippen molar-refractivity contribution in [2.75, 3.05) is 11.5 Å². The van der Waals surface area contributed by atoms with Crippen LogP contribution in [0.25, 0.3) is 0 Å². The fourth-order valence-electron chi connectivity index (χ4n) is 1.87. The second-order valence-electron chi connectivity index (χ2n) is 5.33. The predicted octanol–water partition coefficient (Wildman–Crippen LogP) is 1.72. The third-order valence-corrected chi connectivity index (χ3v) is 4.79. The van der Waals surface area contributed by atoms with Crippen LogP contribution < -0.4 is 5.32 Å². The molecule has 1 atom stereocenters. The van der Waals surface area contributed by atoms with Crippen LogP contribution in [0.4, 0.5) is 0 Å². The molecule has 0 aliphatic carbocycles. The van der Waals surface area contributed by atoms with Gasteiger partial charge in [0.05, 0.1) is 17.5 Å². The molecule has 112 valence electrons. The summed E-state index contributed by atoms with van der Waals surface area (Å²) in [6.45, 7) is 5.54. The molecule has 0 fully saturated rings. The van der Waals surface area contributed by atoms with Crippen LogP contribution in [0, 0.1) is 5.92 Å². The van der Waals surface area contributed by atoms with Crippen molar-refractivity contribution >= 4 is 15.7 Å². The highest BCUT2D eigenvalue weighted by molar-refractivity contribution is 7.91. The quantitative estimate of drug-likeness (QED) is 0.831. The van der Waals surface area contributed by atoms with Crippen molar-refractivity contribution < 1.29 is 13.2 Å². The average molecular weight is 298 g/mol. The molecule has 0 radical (unpaired) electrons. The van der Waals surface area contributed by atoms with Crippen molar-refractivity contribution in [1.82, 2.24) is 10.3 Å². The molecule has 0 aliphatic heterocycles. The average Bonchev–Trinajstić information content (AvgIpc) is 2.36. The van der Waals surface area contributed by atoms with Crippen LogP contribution in [0.3, 0.4) is 0 Å². The zero-order valence-corrected chi connectivity index (χ0v) is 13.0. The van der Waals surface area contributed by atoms with Gasteiger partial charge >= 0.3 is 0 Å². The second-order valence-corrected chi connectivity index (χ2v) is 7.56. The Labute approximate surface area is 120 Å². The maximum absolute atomic E-state index is 11.8. The molecule has 1 heterocycles. The summed E-state index contributed by atoms with van der Waals surface area (Å²) in [5.74, 6) is -0.152. The first-order chi connectivity index (χ1) is 9.30. The van der Waals surface area contributed by atoms with Gasteiger partial charge in [0.2, 0.25) is 5.91 Å². The fourth-order valence-corrected chi connectivity index (χ4v) is 3.55. The zero-order valence-electron chi connectivity index (χ0n) is 12.2. The maximum atomic E-state index is 11.8. The Hall–Kier alpha value is -1.43. The van der Waals surface area contributed by atoms with Gasteiger partial charge in [-0.15, -0.1) is 0 Å². The van der Waals surface area contributed by atoms with Crippen LogP contribution >= 0.6 is 0 Å². The first kappa shape index (κ1) is 16.6. The third-order valence-electron chi connectivity index (χ3n) is 2.79. The van der Waals surface area contributed by atoms with E-state index in [1.165, 1.54) is 0 Å². The van der Waals surface area contributed by atoms with E-state index in [0.717, 1.165) is 5.56 Å². The third kappa shape index (κ3) is 6.14. The van der Waals surface area contributed by atoms with E-state index in [1.54, 1.807) is 18.5 Å². The molecule has 20 heavy (non-hydrogen) atoms. The van der Waals surface area contributed by atoms with Crippen LogP contribution in [0.15, 0.2) is 24.5 Å². The number of rotatable bonds is 7. The van der Waals surface area contributed by atoms with Crippen LogP contribution in [0.5, 0.6) is 0 Å². The van der Waals surface area contributed by atoms with E-state index in [0.29, 0.717) is 0 Å². The molecule has 0 aliphatic rings. The summed E-state index contributed by atoms with van der Waals surface area (Å²) in [5, 5.41) is 2.78. The van der Waals surface area contributed by atoms with E-state index in [2.05, 4.69) is 10.3 Å². The smallest absolute Gasteiger partial charge is 0.221 e. The molecule has 1 rings (SSSR count). The van der Waals surface area contributed by atoms with Crippen molar-refractivity contribution in [2.45, 2.75) is 33.2 Å². The second kappa shape index (κ2) is 7.38. The molecule has 0 saturated carbocycles. The standard InChI is InChI=1S/C14H22N2O3S/c1-11(2)10-20(18,19)8-6-14(17)16-12(3)13-5-4-7-15-9-13/h4-5,7,9,11-12H,6,8,10H2,1-3H3,(H,16,17)/t12-/m0/s1. The number of sulfone groups is 1. The molecule has 5 nitrogen and oxygen atoms in total. The number of hydrogen-bond acceptors (Lipinski definition) is 4. The van der Waals surface area contributed by atoms with Crippen LogP contribution in [0.1, 0.15) is 38.8 Å². The molecule has 6 heteroatoms. The molecule has 0 saturated heterocycles. The van der Waals surface area contributed by atoms with Gasteiger partial charge in [0.15, 0.2) is 9.84 Å². The lowest BCUT2D eigenvalue weighted by molar-refractivity contribution is -0.121. The van der Waals surface area contributed by atoms with Gasteiger partial charge in [0.25, 0.3) is 0 Å². The van der Waals surface area contributed by atoms with Gasteiger partial charge in [-0.2, -0.15) is 0 Å². The summed E-state index contributed by atoms with van der Waals surface area (Å²) < 4.78 is 23.4. The number of nitrogens with one attached hydrogen (secondary N) is 1. The number of aromatic nitrogens is 1. The molecular weight excluding hydrogens is 276 g/mol. The van der Waals surface area contributed by atoms with Crippen molar-refractivity contribution in [3.63, 3.8) is 0 Å². The summed E-state index contributed by atoms with van der Waals surface area (Å²) in [7, 11) is -3.15. The highest BCUT2D eigenvalue weighted by atomic mass is 32.2. The van der Waals surface area contributed by atoms with E-state index >= 15 is 0 Å². The largest absolute Gasteiger partial charge is 0.349 e. The number of carbonyl (C=O) groups excluding carboxylic acids is 1. The summed E-state index contributed by atoms with van der Waals surface area (Å²) in [4.78, 5) is 15.7. The van der Waals surface area contributed by atoms with E-state index in [9.17, 15) is 13.2 Å². The lowest BCUT2D eigenvalue weighted by Gasteiger charge is -2.14. The molecule has 0 spiro atoms. The van der Waals surface area contributed by atoms with E-state index in [-0.39, 0.29) is 35.8 Å². The van der Waals surface area contributed by atoms with Gasteiger partial charge in [-0.1, -0.05) is 19.9 Å². The number of nitrogens with zero attached hydrogens (tertiary/aromatic N) is 1. The number of amides is 1.